The van der Waals surface area contributed by atoms with Crippen LogP contribution in [0, 0.1) is 6.92 Å². The van der Waals surface area contributed by atoms with Gasteiger partial charge in [-0.3, -0.25) is 15.1 Å². The van der Waals surface area contributed by atoms with Gasteiger partial charge in [-0.05, 0) is 42.7 Å². The van der Waals surface area contributed by atoms with Gasteiger partial charge in [-0.1, -0.05) is 78.4 Å². The topological polar surface area (TPSA) is 50.4 Å². The van der Waals surface area contributed by atoms with Gasteiger partial charge in [0.1, 0.15) is 6.10 Å². The molecule has 3 aromatic rings. The molecular formula is C26H26N2O2. The van der Waals surface area contributed by atoms with Crippen LogP contribution in [-0.4, -0.2) is 18.1 Å². The molecule has 2 atom stereocenters. The average molecular weight is 399 g/mol. The highest BCUT2D eigenvalue weighted by molar-refractivity contribution is 5.94. The van der Waals surface area contributed by atoms with E-state index in [1.54, 1.807) is 0 Å². The molecule has 0 saturated carbocycles. The first kappa shape index (κ1) is 19.9. The van der Waals surface area contributed by atoms with Crippen molar-refractivity contribution in [1.29, 1.82) is 0 Å². The number of aryl methyl sites for hydroxylation is 1. The molecule has 0 fully saturated rings. The lowest BCUT2D eigenvalue weighted by Gasteiger charge is -2.23. The van der Waals surface area contributed by atoms with Gasteiger partial charge in [0.05, 0.1) is 6.04 Å². The van der Waals surface area contributed by atoms with E-state index in [0.717, 1.165) is 23.2 Å². The molecule has 3 aromatic carbocycles. The van der Waals surface area contributed by atoms with Gasteiger partial charge >= 0.3 is 0 Å². The van der Waals surface area contributed by atoms with E-state index in [0.29, 0.717) is 12.0 Å². The molecule has 1 amide bonds. The molecule has 0 saturated heterocycles. The van der Waals surface area contributed by atoms with E-state index in [4.69, 9.17) is 4.84 Å². The molecule has 1 heterocycles. The number of hydroxylamine groups is 1. The highest BCUT2D eigenvalue weighted by atomic mass is 16.7. The highest BCUT2D eigenvalue weighted by Gasteiger charge is 2.28. The second-order valence-electron chi connectivity index (χ2n) is 7.67. The summed E-state index contributed by atoms with van der Waals surface area (Å²) in [5, 5.41) is 3.18. The van der Waals surface area contributed by atoms with Crippen LogP contribution in [0.15, 0.2) is 96.7 Å². The number of benzene rings is 3. The van der Waals surface area contributed by atoms with E-state index in [1.807, 2.05) is 67.6 Å². The number of rotatable bonds is 7. The van der Waals surface area contributed by atoms with Crippen molar-refractivity contribution in [2.75, 3.05) is 0 Å². The van der Waals surface area contributed by atoms with Crippen LogP contribution in [0.5, 0.6) is 0 Å². The summed E-state index contributed by atoms with van der Waals surface area (Å²) >= 11 is 0. The summed E-state index contributed by atoms with van der Waals surface area (Å²) in [5.74, 6) is -0.0931. The summed E-state index contributed by atoms with van der Waals surface area (Å²) in [6, 6.07) is 27.8. The Balaban J connectivity index is 1.51. The SMILES string of the molecule is Cc1ccc(C(=O)NC(Cc2ccccc2)C2C=C(Cc3ccccc3)NO2)cc1. The minimum absolute atomic E-state index is 0.0931. The summed E-state index contributed by atoms with van der Waals surface area (Å²) in [4.78, 5) is 18.7. The minimum atomic E-state index is -0.252. The Morgan fingerprint density at radius 1 is 0.933 bits per heavy atom. The van der Waals surface area contributed by atoms with E-state index in [9.17, 15) is 4.79 Å². The summed E-state index contributed by atoms with van der Waals surface area (Å²) in [6.07, 6.45) is 3.27. The van der Waals surface area contributed by atoms with E-state index < -0.39 is 0 Å². The maximum Gasteiger partial charge on any atom is 0.251 e. The number of hydrogen-bond acceptors (Lipinski definition) is 3. The quantitative estimate of drug-likeness (QED) is 0.622. The van der Waals surface area contributed by atoms with Crippen LogP contribution in [0.1, 0.15) is 27.0 Å². The van der Waals surface area contributed by atoms with Gasteiger partial charge in [0.15, 0.2) is 0 Å². The normalized spacial score (nSPS) is 16.4. The van der Waals surface area contributed by atoms with Crippen molar-refractivity contribution in [1.82, 2.24) is 10.8 Å². The van der Waals surface area contributed by atoms with Gasteiger partial charge in [0.25, 0.3) is 5.91 Å². The molecule has 2 unspecified atom stereocenters. The Labute approximate surface area is 177 Å². The number of allylic oxidation sites excluding steroid dienone is 1. The first-order valence-electron chi connectivity index (χ1n) is 10.2. The van der Waals surface area contributed by atoms with Crippen LogP contribution in [0.25, 0.3) is 0 Å². The molecule has 1 aliphatic rings. The maximum atomic E-state index is 12.9. The molecule has 4 rings (SSSR count). The van der Waals surface area contributed by atoms with Gasteiger partial charge in [-0.15, -0.1) is 0 Å². The summed E-state index contributed by atoms with van der Waals surface area (Å²) < 4.78 is 0. The fourth-order valence-corrected chi connectivity index (χ4v) is 3.59. The van der Waals surface area contributed by atoms with E-state index in [-0.39, 0.29) is 18.1 Å². The van der Waals surface area contributed by atoms with Crippen LogP contribution in [0.2, 0.25) is 0 Å². The smallest absolute Gasteiger partial charge is 0.251 e. The molecule has 1 aliphatic heterocycles. The predicted octanol–water partition coefficient (Wildman–Crippen LogP) is 4.37. The zero-order chi connectivity index (χ0) is 20.8. The van der Waals surface area contributed by atoms with Gasteiger partial charge in [-0.2, -0.15) is 0 Å². The molecular weight excluding hydrogens is 372 g/mol. The van der Waals surface area contributed by atoms with Crippen molar-refractivity contribution in [3.8, 4) is 0 Å². The van der Waals surface area contributed by atoms with Gasteiger partial charge < -0.3 is 5.32 Å². The van der Waals surface area contributed by atoms with Crippen LogP contribution in [0.3, 0.4) is 0 Å². The van der Waals surface area contributed by atoms with Crippen molar-refractivity contribution in [3.05, 3.63) is 119 Å². The van der Waals surface area contributed by atoms with Crippen molar-refractivity contribution < 1.29 is 9.63 Å². The molecule has 0 spiro atoms. The monoisotopic (exact) mass is 398 g/mol. The Bertz CT molecular complexity index is 998. The summed E-state index contributed by atoms with van der Waals surface area (Å²) in [6.45, 7) is 2.01. The first-order chi connectivity index (χ1) is 14.7. The standard InChI is InChI=1S/C26H26N2O2/c1-19-12-14-22(15-13-19)26(29)27-24(17-21-10-6-3-7-11-21)25-18-23(28-30-25)16-20-8-4-2-5-9-20/h2-15,18,24-25,28H,16-17H2,1H3,(H,27,29). The van der Waals surface area contributed by atoms with Gasteiger partial charge in [0, 0.05) is 17.7 Å². The zero-order valence-electron chi connectivity index (χ0n) is 17.0. The van der Waals surface area contributed by atoms with Crippen LogP contribution in [0.4, 0.5) is 0 Å². The average Bonchev–Trinajstić information content (AvgIpc) is 3.23. The lowest BCUT2D eigenvalue weighted by atomic mass is 9.99. The predicted molar refractivity (Wildman–Crippen MR) is 119 cm³/mol. The number of carbonyl (C=O) groups excluding carboxylic acids is 1. The molecule has 0 radical (unpaired) electrons. The fraction of sp³-hybridized carbons (Fsp3) is 0.192. The second-order valence-corrected chi connectivity index (χ2v) is 7.67. The number of carbonyl (C=O) groups is 1. The van der Waals surface area contributed by atoms with E-state index in [1.165, 1.54) is 5.56 Å². The Morgan fingerprint density at radius 2 is 1.57 bits per heavy atom. The van der Waals surface area contributed by atoms with Crippen LogP contribution < -0.4 is 10.8 Å². The Morgan fingerprint density at radius 3 is 2.23 bits per heavy atom. The molecule has 0 aliphatic carbocycles. The van der Waals surface area contributed by atoms with Crippen LogP contribution in [-0.2, 0) is 17.7 Å². The Hall–Kier alpha value is -3.37. The van der Waals surface area contributed by atoms with E-state index in [2.05, 4.69) is 41.1 Å². The van der Waals surface area contributed by atoms with E-state index >= 15 is 0 Å². The third-order valence-electron chi connectivity index (χ3n) is 5.25. The van der Waals surface area contributed by atoms with Gasteiger partial charge in [0.2, 0.25) is 0 Å². The summed E-state index contributed by atoms with van der Waals surface area (Å²) in [5.41, 5.74) is 8.20. The molecule has 2 N–H and O–H groups in total. The Kier molecular flexibility index (Phi) is 6.26. The third-order valence-corrected chi connectivity index (χ3v) is 5.25. The van der Waals surface area contributed by atoms with Crippen LogP contribution >= 0.6 is 0 Å². The van der Waals surface area contributed by atoms with Crippen molar-refractivity contribution in [3.63, 3.8) is 0 Å². The molecule has 152 valence electrons. The third kappa shape index (κ3) is 5.16. The summed E-state index contributed by atoms with van der Waals surface area (Å²) in [7, 11) is 0. The number of nitrogens with one attached hydrogen (secondary N) is 2. The zero-order valence-corrected chi connectivity index (χ0v) is 17.0. The van der Waals surface area contributed by atoms with Crippen molar-refractivity contribution in [2.45, 2.75) is 31.9 Å². The molecule has 4 heteroatoms. The molecule has 0 bridgehead atoms. The lowest BCUT2D eigenvalue weighted by Crippen LogP contribution is -2.45. The molecule has 30 heavy (non-hydrogen) atoms. The number of amides is 1. The molecule has 0 aromatic heterocycles. The largest absolute Gasteiger partial charge is 0.346 e. The van der Waals surface area contributed by atoms with Crippen molar-refractivity contribution >= 4 is 5.91 Å². The minimum Gasteiger partial charge on any atom is -0.346 e. The van der Waals surface area contributed by atoms with Gasteiger partial charge in [-0.25, -0.2) is 0 Å². The van der Waals surface area contributed by atoms with Crippen molar-refractivity contribution in [2.24, 2.45) is 0 Å². The fourth-order valence-electron chi connectivity index (χ4n) is 3.59. The molecule has 4 nitrogen and oxygen atoms in total. The maximum absolute atomic E-state index is 12.9. The second kappa shape index (κ2) is 9.42. The first-order valence-corrected chi connectivity index (χ1v) is 10.2. The lowest BCUT2D eigenvalue weighted by molar-refractivity contribution is 0.0201. The number of hydrogen-bond donors (Lipinski definition) is 2. The highest BCUT2D eigenvalue weighted by Crippen LogP contribution is 2.18.